The van der Waals surface area contributed by atoms with E-state index in [1.54, 1.807) is 6.92 Å². The van der Waals surface area contributed by atoms with Gasteiger partial charge >= 0.3 is 0 Å². The Morgan fingerprint density at radius 2 is 2.13 bits per heavy atom. The topological polar surface area (TPSA) is 49.5 Å². The Morgan fingerprint density at radius 1 is 1.47 bits per heavy atom. The number of nitrogens with zero attached hydrogens (tertiary/aromatic N) is 1. The molecule has 1 rings (SSSR count). The van der Waals surface area contributed by atoms with Crippen molar-refractivity contribution in [1.29, 1.82) is 0 Å². The fourth-order valence-electron chi connectivity index (χ4n) is 1.61. The highest BCUT2D eigenvalue weighted by Crippen LogP contribution is 2.21. The lowest BCUT2D eigenvalue weighted by Crippen LogP contribution is -2.33. The molecule has 1 aromatic carbocycles. The van der Waals surface area contributed by atoms with Gasteiger partial charge in [0.25, 0.3) is 0 Å². The molecule has 0 saturated carbocycles. The minimum Gasteiger partial charge on any atom is -0.399 e. The van der Waals surface area contributed by atoms with Gasteiger partial charge in [0.05, 0.1) is 0 Å². The molecular weight excluding hydrogens is 188 g/mol. The van der Waals surface area contributed by atoms with Crippen LogP contribution < -0.4 is 10.6 Å². The zero-order chi connectivity index (χ0) is 11.4. The lowest BCUT2D eigenvalue weighted by atomic mass is 10.1. The van der Waals surface area contributed by atoms with Crippen LogP contribution >= 0.6 is 0 Å². The molecule has 0 aliphatic heterocycles. The van der Waals surface area contributed by atoms with Crippen molar-refractivity contribution in [3.8, 4) is 0 Å². The summed E-state index contributed by atoms with van der Waals surface area (Å²) in [4.78, 5) is 1.96. The summed E-state index contributed by atoms with van der Waals surface area (Å²) < 4.78 is 0. The number of hydrogen-bond acceptors (Lipinski definition) is 3. The predicted molar refractivity (Wildman–Crippen MR) is 64.9 cm³/mol. The van der Waals surface area contributed by atoms with E-state index < -0.39 is 6.23 Å². The first-order valence-corrected chi connectivity index (χ1v) is 5.37. The fourth-order valence-corrected chi connectivity index (χ4v) is 1.61. The van der Waals surface area contributed by atoms with Crippen LogP contribution in [0.15, 0.2) is 18.2 Å². The normalized spacial score (nSPS) is 12.5. The quantitative estimate of drug-likeness (QED) is 0.588. The molecule has 15 heavy (non-hydrogen) atoms. The van der Waals surface area contributed by atoms with Gasteiger partial charge in [-0.1, -0.05) is 6.92 Å². The van der Waals surface area contributed by atoms with Gasteiger partial charge in [0.1, 0.15) is 6.23 Å². The Morgan fingerprint density at radius 3 is 2.60 bits per heavy atom. The number of nitrogens with two attached hydrogens (primary N) is 1. The number of hydrogen-bond donors (Lipinski definition) is 2. The van der Waals surface area contributed by atoms with E-state index in [1.807, 2.05) is 30.0 Å². The molecule has 84 valence electrons. The summed E-state index contributed by atoms with van der Waals surface area (Å²) >= 11 is 0. The Labute approximate surface area is 91.5 Å². The molecule has 0 saturated heterocycles. The lowest BCUT2D eigenvalue weighted by molar-refractivity contribution is 0.188. The van der Waals surface area contributed by atoms with E-state index in [-0.39, 0.29) is 0 Å². The van der Waals surface area contributed by atoms with Crippen LogP contribution in [0.1, 0.15) is 25.8 Å². The number of anilines is 2. The fraction of sp³-hybridized carbons (Fsp3) is 0.500. The summed E-state index contributed by atoms with van der Waals surface area (Å²) in [6, 6.07) is 5.85. The van der Waals surface area contributed by atoms with Crippen LogP contribution in [0.4, 0.5) is 11.4 Å². The predicted octanol–water partition coefficient (Wildman–Crippen LogP) is 2.13. The molecule has 0 heterocycles. The van der Waals surface area contributed by atoms with Crippen molar-refractivity contribution >= 4 is 11.4 Å². The van der Waals surface area contributed by atoms with Gasteiger partial charge in [0.15, 0.2) is 0 Å². The number of benzene rings is 1. The van der Waals surface area contributed by atoms with Crippen molar-refractivity contribution < 1.29 is 5.11 Å². The molecule has 0 bridgehead atoms. The largest absolute Gasteiger partial charge is 0.399 e. The first-order chi connectivity index (χ1) is 7.06. The molecule has 3 heteroatoms. The lowest BCUT2D eigenvalue weighted by Gasteiger charge is -2.27. The number of aryl methyl sites for hydroxylation is 1. The molecule has 0 amide bonds. The Balaban J connectivity index is 2.95. The molecule has 0 aliphatic carbocycles. The molecular formula is C12H20N2O. The number of aliphatic hydroxyl groups is 1. The van der Waals surface area contributed by atoms with E-state index in [0.717, 1.165) is 29.9 Å². The summed E-state index contributed by atoms with van der Waals surface area (Å²) in [6.45, 7) is 6.70. The van der Waals surface area contributed by atoms with Crippen molar-refractivity contribution in [3.63, 3.8) is 0 Å². The first kappa shape index (κ1) is 11.9. The van der Waals surface area contributed by atoms with E-state index in [4.69, 9.17) is 5.73 Å². The van der Waals surface area contributed by atoms with E-state index >= 15 is 0 Å². The van der Waals surface area contributed by atoms with Crippen molar-refractivity contribution in [2.75, 3.05) is 17.2 Å². The van der Waals surface area contributed by atoms with Crippen LogP contribution in [-0.2, 0) is 0 Å². The Bertz CT molecular complexity index is 323. The molecule has 0 fully saturated rings. The van der Waals surface area contributed by atoms with Crippen LogP contribution in [-0.4, -0.2) is 17.9 Å². The van der Waals surface area contributed by atoms with Gasteiger partial charge < -0.3 is 15.7 Å². The van der Waals surface area contributed by atoms with Gasteiger partial charge in [-0.25, -0.2) is 0 Å². The van der Waals surface area contributed by atoms with Gasteiger partial charge in [-0.3, -0.25) is 0 Å². The third-order valence-corrected chi connectivity index (χ3v) is 2.50. The van der Waals surface area contributed by atoms with E-state index in [0.29, 0.717) is 0 Å². The van der Waals surface area contributed by atoms with E-state index in [1.165, 1.54) is 0 Å². The van der Waals surface area contributed by atoms with Crippen LogP contribution in [0, 0.1) is 6.92 Å². The van der Waals surface area contributed by atoms with Gasteiger partial charge in [-0.2, -0.15) is 0 Å². The maximum atomic E-state index is 9.65. The second-order valence-corrected chi connectivity index (χ2v) is 3.87. The minimum absolute atomic E-state index is 0.465. The van der Waals surface area contributed by atoms with Crippen LogP contribution in [0.2, 0.25) is 0 Å². The van der Waals surface area contributed by atoms with Crippen LogP contribution in [0.5, 0.6) is 0 Å². The monoisotopic (exact) mass is 208 g/mol. The molecule has 3 N–H and O–H groups in total. The minimum atomic E-state index is -0.465. The summed E-state index contributed by atoms with van der Waals surface area (Å²) in [5, 5.41) is 9.65. The SMILES string of the molecule is CCCN(c1ccc(N)c(C)c1)C(C)O. The molecule has 1 unspecified atom stereocenters. The second-order valence-electron chi connectivity index (χ2n) is 3.87. The average Bonchev–Trinajstić information content (AvgIpc) is 2.18. The summed E-state index contributed by atoms with van der Waals surface area (Å²) in [7, 11) is 0. The third kappa shape index (κ3) is 2.86. The van der Waals surface area contributed by atoms with Crippen molar-refractivity contribution in [2.45, 2.75) is 33.4 Å². The molecule has 0 aromatic heterocycles. The highest BCUT2D eigenvalue weighted by molar-refractivity contribution is 5.58. The third-order valence-electron chi connectivity index (χ3n) is 2.50. The first-order valence-electron chi connectivity index (χ1n) is 5.37. The molecule has 0 spiro atoms. The zero-order valence-electron chi connectivity index (χ0n) is 9.70. The number of aliphatic hydroxyl groups excluding tert-OH is 1. The molecule has 1 atom stereocenters. The summed E-state index contributed by atoms with van der Waals surface area (Å²) in [6.07, 6.45) is 0.543. The standard InChI is InChI=1S/C12H20N2O/c1-4-7-14(10(3)15)11-5-6-12(13)9(2)8-11/h5-6,8,10,15H,4,7,13H2,1-3H3. The van der Waals surface area contributed by atoms with E-state index in [2.05, 4.69) is 6.92 Å². The Hall–Kier alpha value is -1.22. The molecule has 0 aliphatic rings. The van der Waals surface area contributed by atoms with Gasteiger partial charge in [0, 0.05) is 17.9 Å². The van der Waals surface area contributed by atoms with Gasteiger partial charge in [0.2, 0.25) is 0 Å². The summed E-state index contributed by atoms with van der Waals surface area (Å²) in [5.74, 6) is 0. The van der Waals surface area contributed by atoms with Crippen molar-refractivity contribution in [2.24, 2.45) is 0 Å². The highest BCUT2D eigenvalue weighted by Gasteiger charge is 2.11. The highest BCUT2D eigenvalue weighted by atomic mass is 16.3. The van der Waals surface area contributed by atoms with Crippen molar-refractivity contribution in [3.05, 3.63) is 23.8 Å². The van der Waals surface area contributed by atoms with E-state index in [9.17, 15) is 5.11 Å². The van der Waals surface area contributed by atoms with Crippen LogP contribution in [0.3, 0.4) is 0 Å². The van der Waals surface area contributed by atoms with Crippen LogP contribution in [0.25, 0.3) is 0 Å². The number of rotatable bonds is 4. The maximum absolute atomic E-state index is 9.65. The smallest absolute Gasteiger partial charge is 0.124 e. The molecule has 1 aromatic rings. The zero-order valence-corrected chi connectivity index (χ0v) is 9.70. The average molecular weight is 208 g/mol. The molecule has 3 nitrogen and oxygen atoms in total. The van der Waals surface area contributed by atoms with Gasteiger partial charge in [-0.05, 0) is 44.0 Å². The van der Waals surface area contributed by atoms with Crippen molar-refractivity contribution in [1.82, 2.24) is 0 Å². The number of nitrogen functional groups attached to an aromatic ring is 1. The maximum Gasteiger partial charge on any atom is 0.124 e. The molecule has 0 radical (unpaired) electrons. The summed E-state index contributed by atoms with van der Waals surface area (Å²) in [5.41, 5.74) is 8.63. The second kappa shape index (κ2) is 5.03. The Kier molecular flexibility index (Phi) is 3.97. The van der Waals surface area contributed by atoms with Gasteiger partial charge in [-0.15, -0.1) is 0 Å².